The van der Waals surface area contributed by atoms with Gasteiger partial charge in [0.15, 0.2) is 0 Å². The molecule has 1 saturated heterocycles. The first-order valence-electron chi connectivity index (χ1n) is 6.05. The lowest BCUT2D eigenvalue weighted by Gasteiger charge is -2.40. The molecule has 1 aliphatic rings. The Morgan fingerprint density at radius 1 is 1.33 bits per heavy atom. The maximum atomic E-state index is 11.8. The van der Waals surface area contributed by atoms with Crippen LogP contribution >= 0.6 is 12.4 Å². The van der Waals surface area contributed by atoms with Crippen LogP contribution in [-0.4, -0.2) is 48.9 Å². The highest BCUT2D eigenvalue weighted by Gasteiger charge is 2.36. The Morgan fingerprint density at radius 3 is 2.17 bits per heavy atom. The first-order chi connectivity index (χ1) is 7.82. The number of carbonyl (C=O) groups is 1. The molecule has 0 unspecified atom stereocenters. The summed E-state index contributed by atoms with van der Waals surface area (Å²) in [5, 5.41) is 0. The molecule has 0 aromatic heterocycles. The zero-order valence-corrected chi connectivity index (χ0v) is 12.5. The van der Waals surface area contributed by atoms with Crippen molar-refractivity contribution in [2.75, 3.05) is 26.7 Å². The van der Waals surface area contributed by atoms with Crippen LogP contribution < -0.4 is 5.73 Å². The summed E-state index contributed by atoms with van der Waals surface area (Å²) in [4.78, 5) is 13.6. The molecule has 0 atom stereocenters. The van der Waals surface area contributed by atoms with E-state index < -0.39 is 5.60 Å². The van der Waals surface area contributed by atoms with Gasteiger partial charge in [-0.25, -0.2) is 4.79 Å². The van der Waals surface area contributed by atoms with Crippen molar-refractivity contribution in [3.63, 3.8) is 0 Å². The number of nitrogens with two attached hydrogens (primary N) is 1. The van der Waals surface area contributed by atoms with Gasteiger partial charge in [-0.2, -0.15) is 0 Å². The first kappa shape index (κ1) is 17.5. The molecule has 0 radical (unpaired) electrons. The van der Waals surface area contributed by atoms with Gasteiger partial charge in [0, 0.05) is 26.7 Å². The van der Waals surface area contributed by atoms with Crippen molar-refractivity contribution in [1.29, 1.82) is 0 Å². The maximum absolute atomic E-state index is 11.8. The van der Waals surface area contributed by atoms with Gasteiger partial charge >= 0.3 is 6.09 Å². The molecule has 5 nitrogen and oxygen atoms in total. The summed E-state index contributed by atoms with van der Waals surface area (Å²) in [7, 11) is 1.68. The third kappa shape index (κ3) is 4.63. The molecule has 1 amide bonds. The topological polar surface area (TPSA) is 64.8 Å². The zero-order valence-electron chi connectivity index (χ0n) is 11.7. The molecule has 18 heavy (non-hydrogen) atoms. The van der Waals surface area contributed by atoms with Crippen LogP contribution in [0, 0.1) is 0 Å². The van der Waals surface area contributed by atoms with Crippen LogP contribution in [0.3, 0.4) is 0 Å². The third-order valence-corrected chi connectivity index (χ3v) is 3.13. The van der Waals surface area contributed by atoms with Gasteiger partial charge in [-0.05, 0) is 33.6 Å². The molecule has 1 fully saturated rings. The van der Waals surface area contributed by atoms with Crippen LogP contribution in [0.15, 0.2) is 0 Å². The fraction of sp³-hybridized carbons (Fsp3) is 0.917. The van der Waals surface area contributed by atoms with Crippen LogP contribution in [0.1, 0.15) is 33.6 Å². The Hall–Kier alpha value is -0.520. The highest BCUT2D eigenvalue weighted by molar-refractivity contribution is 5.85. The second-order valence-corrected chi connectivity index (χ2v) is 5.56. The van der Waals surface area contributed by atoms with Gasteiger partial charge in [-0.3, -0.25) is 0 Å². The molecule has 6 heteroatoms. The van der Waals surface area contributed by atoms with Gasteiger partial charge in [-0.15, -0.1) is 12.4 Å². The normalized spacial score (nSPS) is 19.1. The quantitative estimate of drug-likeness (QED) is 0.837. The second kappa shape index (κ2) is 6.59. The van der Waals surface area contributed by atoms with Crippen LogP contribution in [0.5, 0.6) is 0 Å². The summed E-state index contributed by atoms with van der Waals surface area (Å²) in [6, 6.07) is 0. The van der Waals surface area contributed by atoms with Crippen molar-refractivity contribution >= 4 is 18.5 Å². The number of halogens is 1. The summed E-state index contributed by atoms with van der Waals surface area (Å²) in [6.07, 6.45) is 1.28. The number of nitrogens with zero attached hydrogens (tertiary/aromatic N) is 1. The van der Waals surface area contributed by atoms with Gasteiger partial charge < -0.3 is 20.1 Å². The minimum absolute atomic E-state index is 0. The van der Waals surface area contributed by atoms with Gasteiger partial charge in [0.05, 0.1) is 5.60 Å². The molecule has 0 saturated carbocycles. The molecule has 1 heterocycles. The van der Waals surface area contributed by atoms with E-state index in [0.29, 0.717) is 19.6 Å². The Balaban J connectivity index is 0.00000289. The molecule has 0 bridgehead atoms. The van der Waals surface area contributed by atoms with E-state index in [1.54, 1.807) is 12.0 Å². The number of ether oxygens (including phenoxy) is 2. The fourth-order valence-electron chi connectivity index (χ4n) is 1.91. The number of rotatable bonds is 2. The first-order valence-corrected chi connectivity index (χ1v) is 6.05. The number of carbonyl (C=O) groups excluding carboxylic acids is 1. The number of likely N-dealkylation sites (tertiary alicyclic amines) is 1. The van der Waals surface area contributed by atoms with E-state index >= 15 is 0 Å². The Kier molecular flexibility index (Phi) is 6.40. The van der Waals surface area contributed by atoms with E-state index in [1.807, 2.05) is 20.8 Å². The van der Waals surface area contributed by atoms with Gasteiger partial charge in [0.1, 0.15) is 5.60 Å². The fourth-order valence-corrected chi connectivity index (χ4v) is 1.91. The van der Waals surface area contributed by atoms with E-state index in [0.717, 1.165) is 12.8 Å². The lowest BCUT2D eigenvalue weighted by Crippen LogP contribution is -2.52. The number of piperidine rings is 1. The van der Waals surface area contributed by atoms with Crippen molar-refractivity contribution in [3.05, 3.63) is 0 Å². The second-order valence-electron chi connectivity index (χ2n) is 5.56. The highest BCUT2D eigenvalue weighted by Crippen LogP contribution is 2.25. The Bertz CT molecular complexity index is 265. The smallest absolute Gasteiger partial charge is 0.410 e. The molecule has 0 aliphatic carbocycles. The standard InChI is InChI=1S/C12H24N2O3.ClH/c1-11(2,3)17-10(15)14-7-5-12(9-13,16-4)6-8-14;/h5-9,13H2,1-4H3;1H. The van der Waals surface area contributed by atoms with E-state index in [-0.39, 0.29) is 24.1 Å². The number of hydrogen-bond donors (Lipinski definition) is 1. The highest BCUT2D eigenvalue weighted by atomic mass is 35.5. The summed E-state index contributed by atoms with van der Waals surface area (Å²) in [5.41, 5.74) is 5.00. The van der Waals surface area contributed by atoms with Crippen LogP contribution in [0.2, 0.25) is 0 Å². The van der Waals surface area contributed by atoms with Crippen molar-refractivity contribution < 1.29 is 14.3 Å². The Morgan fingerprint density at radius 2 is 1.83 bits per heavy atom. The van der Waals surface area contributed by atoms with E-state index in [1.165, 1.54) is 0 Å². The average Bonchev–Trinajstić information content (AvgIpc) is 2.27. The molecule has 0 aromatic rings. The molecular formula is C12H25ClN2O3. The number of methoxy groups -OCH3 is 1. The van der Waals surface area contributed by atoms with Crippen molar-refractivity contribution in [1.82, 2.24) is 4.90 Å². The third-order valence-electron chi connectivity index (χ3n) is 3.13. The van der Waals surface area contributed by atoms with Crippen LogP contribution in [-0.2, 0) is 9.47 Å². The molecule has 0 aromatic carbocycles. The number of hydrogen-bond acceptors (Lipinski definition) is 4. The summed E-state index contributed by atoms with van der Waals surface area (Å²) in [5.74, 6) is 0. The molecular weight excluding hydrogens is 256 g/mol. The maximum Gasteiger partial charge on any atom is 0.410 e. The van der Waals surface area contributed by atoms with Crippen LogP contribution in [0.25, 0.3) is 0 Å². The summed E-state index contributed by atoms with van der Waals surface area (Å²) >= 11 is 0. The molecule has 0 spiro atoms. The van der Waals surface area contributed by atoms with Crippen molar-refractivity contribution in [2.24, 2.45) is 5.73 Å². The van der Waals surface area contributed by atoms with Gasteiger partial charge in [-0.1, -0.05) is 0 Å². The molecule has 2 N–H and O–H groups in total. The van der Waals surface area contributed by atoms with Gasteiger partial charge in [0.2, 0.25) is 0 Å². The monoisotopic (exact) mass is 280 g/mol. The largest absolute Gasteiger partial charge is 0.444 e. The lowest BCUT2D eigenvalue weighted by atomic mass is 9.91. The Labute approximate surface area is 115 Å². The van der Waals surface area contributed by atoms with Crippen molar-refractivity contribution in [3.8, 4) is 0 Å². The summed E-state index contributed by atoms with van der Waals surface area (Å²) in [6.45, 7) is 7.38. The molecule has 1 aliphatic heterocycles. The number of amides is 1. The van der Waals surface area contributed by atoms with Crippen LogP contribution in [0.4, 0.5) is 4.79 Å². The minimum Gasteiger partial charge on any atom is -0.444 e. The average molecular weight is 281 g/mol. The molecule has 1 rings (SSSR count). The minimum atomic E-state index is -0.444. The van der Waals surface area contributed by atoms with E-state index in [9.17, 15) is 4.79 Å². The summed E-state index contributed by atoms with van der Waals surface area (Å²) < 4.78 is 10.8. The van der Waals surface area contributed by atoms with E-state index in [4.69, 9.17) is 15.2 Å². The lowest BCUT2D eigenvalue weighted by molar-refractivity contribution is -0.0539. The van der Waals surface area contributed by atoms with E-state index in [2.05, 4.69) is 0 Å². The van der Waals surface area contributed by atoms with Crippen molar-refractivity contribution in [2.45, 2.75) is 44.8 Å². The van der Waals surface area contributed by atoms with Gasteiger partial charge in [0.25, 0.3) is 0 Å². The SMILES string of the molecule is COC1(CN)CCN(C(=O)OC(C)(C)C)CC1.Cl. The predicted molar refractivity (Wildman–Crippen MR) is 73.1 cm³/mol. The zero-order chi connectivity index (χ0) is 13.1. The molecule has 108 valence electrons. The predicted octanol–water partition coefficient (Wildman–Crippen LogP) is 1.78.